The molecule has 0 spiro atoms. The molecule has 0 bridgehead atoms. The molecular formula is C61H38N4OPt-2. The standard InChI is InChI=1S/C61H38N4O.Pt/c1-3-18-41(19-4-1)52-37-44(64-56-29-12-8-24-47(56)48-25-9-13-30-57(48)64)38-53(42-20-5-2-6-21-42)61(52)63-40-54(50-27-7-11-28-55(50)63)43-22-17-23-45(36-43)66-46-33-34-51-49-26-10-14-31-58(49)65(59(51)39-46)60-32-15-16-35-62-60;/h1-35,37-38,54H;/q-2;. The maximum absolute atomic E-state index is 6.65. The van der Waals surface area contributed by atoms with E-state index in [2.05, 4.69) is 214 Å². The minimum atomic E-state index is -0.229. The molecule has 0 saturated heterocycles. The number of benzene rings is 9. The van der Waals surface area contributed by atoms with Crippen LogP contribution in [-0.2, 0) is 21.1 Å². The van der Waals surface area contributed by atoms with Crippen LogP contribution in [0.25, 0.3) is 77.4 Å². The summed E-state index contributed by atoms with van der Waals surface area (Å²) in [6.07, 6.45) is 5.82. The van der Waals surface area contributed by atoms with Gasteiger partial charge in [-0.25, -0.2) is 4.98 Å². The molecule has 3 aromatic heterocycles. The number of hydrogen-bond donors (Lipinski definition) is 0. The molecule has 4 heterocycles. The number of ether oxygens (including phenoxy) is 1. The monoisotopic (exact) mass is 1040 g/mol. The first-order valence-electron chi connectivity index (χ1n) is 22.2. The van der Waals surface area contributed by atoms with Crippen LogP contribution in [0.5, 0.6) is 11.5 Å². The summed E-state index contributed by atoms with van der Waals surface area (Å²) in [5, 5.41) is 4.68. The molecule has 1 atom stereocenters. The number of aromatic nitrogens is 3. The van der Waals surface area contributed by atoms with Gasteiger partial charge in [0, 0.05) is 66.7 Å². The molecule has 0 saturated carbocycles. The van der Waals surface area contributed by atoms with Crippen molar-refractivity contribution in [3.63, 3.8) is 0 Å². The van der Waals surface area contributed by atoms with Gasteiger partial charge in [-0.3, -0.25) is 0 Å². The molecule has 13 rings (SSSR count). The fraction of sp³-hybridized carbons (Fsp3) is 0.0164. The predicted octanol–water partition coefficient (Wildman–Crippen LogP) is 14.9. The van der Waals surface area contributed by atoms with E-state index in [4.69, 9.17) is 9.72 Å². The van der Waals surface area contributed by atoms with Gasteiger partial charge in [-0.15, -0.1) is 29.7 Å². The smallest absolute Gasteiger partial charge is 0.135 e. The third-order valence-corrected chi connectivity index (χ3v) is 12.8. The SMILES string of the molecule is [C-]1=[N+](c2c(-c3ccccc3)cc(-n3c4ccccc4c4ccccc43)cc2-c2ccccc2)c2ccccc2C1c1[c-]c(Oc2[c-]c3c(cc2)c2ccccc2n3-c2ccccn2)ccc1.[Pt]. The summed E-state index contributed by atoms with van der Waals surface area (Å²) >= 11 is 0. The van der Waals surface area contributed by atoms with E-state index < -0.39 is 0 Å². The number of pyridine rings is 1. The maximum Gasteiger partial charge on any atom is 0.135 e. The van der Waals surface area contributed by atoms with Crippen molar-refractivity contribution in [2.24, 2.45) is 0 Å². The van der Waals surface area contributed by atoms with Crippen LogP contribution in [0.2, 0.25) is 0 Å². The van der Waals surface area contributed by atoms with Crippen LogP contribution in [-0.4, -0.2) is 20.3 Å². The van der Waals surface area contributed by atoms with E-state index in [1.54, 1.807) is 0 Å². The summed E-state index contributed by atoms with van der Waals surface area (Å²) in [4.78, 5) is 4.70. The molecule has 6 heteroatoms. The normalized spacial score (nSPS) is 13.2. The summed E-state index contributed by atoms with van der Waals surface area (Å²) in [5.74, 6) is 1.80. The van der Waals surface area contributed by atoms with Crippen LogP contribution in [0, 0.1) is 12.1 Å². The fourth-order valence-corrected chi connectivity index (χ4v) is 9.96. The Labute approximate surface area is 402 Å². The Hall–Kier alpha value is -8.11. The van der Waals surface area contributed by atoms with Gasteiger partial charge in [0.1, 0.15) is 23.4 Å². The van der Waals surface area contributed by atoms with Crippen molar-refractivity contribution in [1.82, 2.24) is 18.7 Å². The first kappa shape index (κ1) is 40.4. The first-order chi connectivity index (χ1) is 32.7. The van der Waals surface area contributed by atoms with Crippen molar-refractivity contribution in [1.29, 1.82) is 0 Å². The van der Waals surface area contributed by atoms with E-state index in [1.807, 2.05) is 42.6 Å². The molecule has 12 aromatic rings. The second-order valence-electron chi connectivity index (χ2n) is 16.6. The van der Waals surface area contributed by atoms with Crippen LogP contribution in [0.3, 0.4) is 0 Å². The fourth-order valence-electron chi connectivity index (χ4n) is 9.96. The topological polar surface area (TPSA) is 35.0 Å². The minimum Gasteiger partial charge on any atom is -0.509 e. The summed E-state index contributed by atoms with van der Waals surface area (Å²) in [6, 6.07) is 84.1. The molecule has 320 valence electrons. The molecule has 0 amide bonds. The van der Waals surface area contributed by atoms with Crippen molar-refractivity contribution in [2.45, 2.75) is 5.92 Å². The van der Waals surface area contributed by atoms with Crippen molar-refractivity contribution in [3.05, 3.63) is 248 Å². The Morgan fingerprint density at radius 2 is 1.04 bits per heavy atom. The molecule has 1 aliphatic rings. The van der Waals surface area contributed by atoms with Gasteiger partial charge in [-0.05, 0) is 81.7 Å². The zero-order valence-electron chi connectivity index (χ0n) is 36.0. The Morgan fingerprint density at radius 1 is 0.478 bits per heavy atom. The van der Waals surface area contributed by atoms with Crippen LogP contribution < -0.4 is 9.31 Å². The van der Waals surface area contributed by atoms with Crippen molar-refractivity contribution < 1.29 is 25.8 Å². The molecule has 5 nitrogen and oxygen atoms in total. The second kappa shape index (κ2) is 16.7. The number of hydrogen-bond acceptors (Lipinski definition) is 2. The van der Waals surface area contributed by atoms with Gasteiger partial charge in [0.15, 0.2) is 0 Å². The number of fused-ring (bicyclic) bond motifs is 7. The van der Waals surface area contributed by atoms with E-state index in [0.29, 0.717) is 11.5 Å². The van der Waals surface area contributed by atoms with Crippen LogP contribution in [0.4, 0.5) is 11.4 Å². The average molecular weight is 1040 g/mol. The minimum absolute atomic E-state index is 0. The van der Waals surface area contributed by atoms with Crippen LogP contribution >= 0.6 is 0 Å². The number of nitrogens with zero attached hydrogens (tertiary/aromatic N) is 4. The Bertz CT molecular complexity index is 3740. The van der Waals surface area contributed by atoms with E-state index in [1.165, 1.54) is 21.8 Å². The van der Waals surface area contributed by atoms with Gasteiger partial charge in [-0.1, -0.05) is 145 Å². The van der Waals surface area contributed by atoms with Crippen LogP contribution in [0.15, 0.2) is 225 Å². The third-order valence-electron chi connectivity index (χ3n) is 12.8. The van der Waals surface area contributed by atoms with E-state index >= 15 is 0 Å². The third kappa shape index (κ3) is 6.81. The predicted molar refractivity (Wildman–Crippen MR) is 269 cm³/mol. The molecule has 0 radical (unpaired) electrons. The molecule has 0 aliphatic carbocycles. The Balaban J connectivity index is 0.00000468. The van der Waals surface area contributed by atoms with Gasteiger partial charge in [0.2, 0.25) is 0 Å². The first-order valence-corrected chi connectivity index (χ1v) is 22.2. The molecule has 0 fully saturated rings. The maximum atomic E-state index is 6.65. The second-order valence-corrected chi connectivity index (χ2v) is 16.6. The molecule has 0 N–H and O–H groups in total. The summed E-state index contributed by atoms with van der Waals surface area (Å²) < 4.78 is 13.5. The molecular weight excluding hydrogens is 1000 g/mol. The van der Waals surface area contributed by atoms with E-state index in [0.717, 1.165) is 78.1 Å². The zero-order chi connectivity index (χ0) is 43.6. The Morgan fingerprint density at radius 3 is 1.70 bits per heavy atom. The molecule has 67 heavy (non-hydrogen) atoms. The van der Waals surface area contributed by atoms with Gasteiger partial charge < -0.3 is 18.4 Å². The van der Waals surface area contributed by atoms with E-state index in [-0.39, 0.29) is 27.0 Å². The van der Waals surface area contributed by atoms with E-state index in [9.17, 15) is 0 Å². The average Bonchev–Trinajstić information content (AvgIpc) is 4.05. The van der Waals surface area contributed by atoms with Gasteiger partial charge in [0.05, 0.1) is 11.0 Å². The summed E-state index contributed by atoms with van der Waals surface area (Å²) in [5.41, 5.74) is 14.1. The molecule has 1 aliphatic heterocycles. The number of para-hydroxylation sites is 4. The zero-order valence-corrected chi connectivity index (χ0v) is 38.2. The number of rotatable bonds is 8. The molecule has 9 aromatic carbocycles. The summed E-state index contributed by atoms with van der Waals surface area (Å²) in [7, 11) is 0. The quantitative estimate of drug-likeness (QED) is 0.112. The van der Waals surface area contributed by atoms with Gasteiger partial charge >= 0.3 is 0 Å². The van der Waals surface area contributed by atoms with Gasteiger partial charge in [-0.2, -0.15) is 23.8 Å². The summed E-state index contributed by atoms with van der Waals surface area (Å²) in [6.45, 7) is 0. The van der Waals surface area contributed by atoms with Gasteiger partial charge in [0.25, 0.3) is 0 Å². The van der Waals surface area contributed by atoms with Crippen molar-refractivity contribution in [2.75, 3.05) is 0 Å². The molecule has 1 unspecified atom stereocenters. The largest absolute Gasteiger partial charge is 0.509 e. The van der Waals surface area contributed by atoms with Crippen LogP contribution in [0.1, 0.15) is 17.0 Å². The Kier molecular flexibility index (Phi) is 10.1. The van der Waals surface area contributed by atoms with Crippen molar-refractivity contribution >= 4 is 61.2 Å². The van der Waals surface area contributed by atoms with Crippen molar-refractivity contribution in [3.8, 4) is 45.3 Å².